The molecular weight excluding hydrogens is 276 g/mol. The first-order chi connectivity index (χ1) is 6.77. The maximum atomic E-state index is 3.47. The molecule has 0 spiro atoms. The summed E-state index contributed by atoms with van der Waals surface area (Å²) < 4.78 is 1.11. The van der Waals surface area contributed by atoms with Crippen molar-refractivity contribution in [3.8, 4) is 11.8 Å². The highest BCUT2D eigenvalue weighted by molar-refractivity contribution is 9.11. The highest BCUT2D eigenvalue weighted by Gasteiger charge is 1.97. The predicted octanol–water partition coefficient (Wildman–Crippen LogP) is 4.28. The molecule has 0 aliphatic heterocycles. The van der Waals surface area contributed by atoms with E-state index >= 15 is 0 Å². The Morgan fingerprint density at radius 2 is 1.71 bits per heavy atom. The molecule has 2 aromatic heterocycles. The predicted molar refractivity (Wildman–Crippen MR) is 67.1 cm³/mol. The molecule has 0 nitrogen and oxygen atoms in total. The number of halogens is 1. The molecule has 70 valence electrons. The standard InChI is InChI=1S/C11H7BrS2/c1-8-9(4-6-13-8)2-3-10-5-7-14-11(10)12/h4-7H,1H3. The lowest BCUT2D eigenvalue weighted by atomic mass is 10.2. The van der Waals surface area contributed by atoms with Crippen LogP contribution in [0.3, 0.4) is 0 Å². The van der Waals surface area contributed by atoms with E-state index in [-0.39, 0.29) is 0 Å². The Morgan fingerprint density at radius 1 is 1.07 bits per heavy atom. The molecule has 0 amide bonds. The van der Waals surface area contributed by atoms with Gasteiger partial charge in [0.05, 0.1) is 3.79 Å². The number of thiophene rings is 2. The SMILES string of the molecule is Cc1sccc1C#Cc1ccsc1Br. The maximum Gasteiger partial charge on any atom is 0.0854 e. The monoisotopic (exact) mass is 282 g/mol. The quantitative estimate of drug-likeness (QED) is 0.633. The highest BCUT2D eigenvalue weighted by atomic mass is 79.9. The molecule has 0 saturated heterocycles. The molecule has 2 heterocycles. The van der Waals surface area contributed by atoms with Gasteiger partial charge in [-0.2, -0.15) is 0 Å². The molecule has 3 heteroatoms. The van der Waals surface area contributed by atoms with Crippen LogP contribution in [0.1, 0.15) is 16.0 Å². The second kappa shape index (κ2) is 4.31. The van der Waals surface area contributed by atoms with Gasteiger partial charge in [0.1, 0.15) is 0 Å². The maximum absolute atomic E-state index is 3.47. The van der Waals surface area contributed by atoms with E-state index in [2.05, 4.69) is 46.1 Å². The minimum atomic E-state index is 1.07. The second-order valence-corrected chi connectivity index (χ2v) is 6.10. The molecule has 0 N–H and O–H groups in total. The summed E-state index contributed by atoms with van der Waals surface area (Å²) in [6.45, 7) is 2.09. The van der Waals surface area contributed by atoms with Crippen LogP contribution in [0.5, 0.6) is 0 Å². The van der Waals surface area contributed by atoms with Crippen molar-refractivity contribution in [3.05, 3.63) is 42.7 Å². The fourth-order valence-electron chi connectivity index (χ4n) is 1.03. The first-order valence-corrected chi connectivity index (χ1v) is 6.61. The van der Waals surface area contributed by atoms with Gasteiger partial charge in [-0.05, 0) is 45.7 Å². The minimum absolute atomic E-state index is 1.07. The van der Waals surface area contributed by atoms with Gasteiger partial charge in [0, 0.05) is 16.0 Å². The summed E-state index contributed by atoms with van der Waals surface area (Å²) in [6.07, 6.45) is 0. The van der Waals surface area contributed by atoms with Crippen LogP contribution in [0.4, 0.5) is 0 Å². The molecule has 0 aliphatic rings. The first kappa shape index (κ1) is 9.97. The second-order valence-electron chi connectivity index (χ2n) is 2.75. The van der Waals surface area contributed by atoms with Gasteiger partial charge in [0.15, 0.2) is 0 Å². The van der Waals surface area contributed by atoms with Gasteiger partial charge < -0.3 is 0 Å². The van der Waals surface area contributed by atoms with Crippen LogP contribution in [-0.4, -0.2) is 0 Å². The zero-order chi connectivity index (χ0) is 9.97. The Labute approximate surface area is 99.7 Å². The van der Waals surface area contributed by atoms with E-state index in [1.165, 1.54) is 4.88 Å². The van der Waals surface area contributed by atoms with Gasteiger partial charge in [0.2, 0.25) is 0 Å². The van der Waals surface area contributed by atoms with Crippen molar-refractivity contribution >= 4 is 38.6 Å². The Morgan fingerprint density at radius 3 is 2.29 bits per heavy atom. The zero-order valence-electron chi connectivity index (χ0n) is 7.50. The van der Waals surface area contributed by atoms with E-state index in [0.29, 0.717) is 0 Å². The lowest BCUT2D eigenvalue weighted by molar-refractivity contribution is 1.59. The van der Waals surface area contributed by atoms with Gasteiger partial charge in [-0.3, -0.25) is 0 Å². The van der Waals surface area contributed by atoms with Crippen LogP contribution >= 0.6 is 38.6 Å². The third-order valence-electron chi connectivity index (χ3n) is 1.81. The third-order valence-corrected chi connectivity index (χ3v) is 4.34. The molecule has 0 bridgehead atoms. The van der Waals surface area contributed by atoms with Crippen molar-refractivity contribution in [2.24, 2.45) is 0 Å². The van der Waals surface area contributed by atoms with E-state index in [1.807, 2.05) is 11.4 Å². The number of aryl methyl sites for hydroxylation is 1. The van der Waals surface area contributed by atoms with Crippen molar-refractivity contribution in [3.63, 3.8) is 0 Å². The summed E-state index contributed by atoms with van der Waals surface area (Å²) in [5.74, 6) is 6.33. The molecule has 14 heavy (non-hydrogen) atoms. The Hall–Kier alpha value is -0.560. The van der Waals surface area contributed by atoms with Gasteiger partial charge >= 0.3 is 0 Å². The number of rotatable bonds is 0. The summed E-state index contributed by atoms with van der Waals surface area (Å²) in [5.41, 5.74) is 2.20. The van der Waals surface area contributed by atoms with Crippen LogP contribution in [-0.2, 0) is 0 Å². The van der Waals surface area contributed by atoms with Crippen LogP contribution in [0, 0.1) is 18.8 Å². The van der Waals surface area contributed by atoms with E-state index in [9.17, 15) is 0 Å². The number of hydrogen-bond donors (Lipinski definition) is 0. The first-order valence-electron chi connectivity index (χ1n) is 4.06. The fourth-order valence-corrected chi connectivity index (χ4v) is 2.81. The van der Waals surface area contributed by atoms with Crippen LogP contribution in [0.15, 0.2) is 26.7 Å². The molecule has 2 rings (SSSR count). The van der Waals surface area contributed by atoms with Gasteiger partial charge in [-0.15, -0.1) is 22.7 Å². The van der Waals surface area contributed by atoms with Crippen molar-refractivity contribution in [1.29, 1.82) is 0 Å². The van der Waals surface area contributed by atoms with Gasteiger partial charge in [-0.25, -0.2) is 0 Å². The summed E-state index contributed by atoms with van der Waals surface area (Å²) >= 11 is 6.86. The molecule has 2 aromatic rings. The lowest BCUT2D eigenvalue weighted by Gasteiger charge is -1.85. The highest BCUT2D eigenvalue weighted by Crippen LogP contribution is 2.22. The number of hydrogen-bond acceptors (Lipinski definition) is 2. The molecular formula is C11H7BrS2. The molecule has 0 unspecified atom stereocenters. The molecule has 0 aromatic carbocycles. The van der Waals surface area contributed by atoms with Gasteiger partial charge in [0.25, 0.3) is 0 Å². The summed E-state index contributed by atoms with van der Waals surface area (Å²) in [6, 6.07) is 4.09. The smallest absolute Gasteiger partial charge is 0.0854 e. The lowest BCUT2D eigenvalue weighted by Crippen LogP contribution is -1.72. The van der Waals surface area contributed by atoms with Gasteiger partial charge in [-0.1, -0.05) is 11.8 Å². The minimum Gasteiger partial charge on any atom is -0.148 e. The summed E-state index contributed by atoms with van der Waals surface area (Å²) in [7, 11) is 0. The molecule has 0 aliphatic carbocycles. The van der Waals surface area contributed by atoms with Crippen molar-refractivity contribution in [2.45, 2.75) is 6.92 Å². The Bertz CT molecular complexity index is 452. The largest absolute Gasteiger partial charge is 0.148 e. The van der Waals surface area contributed by atoms with E-state index in [4.69, 9.17) is 0 Å². The van der Waals surface area contributed by atoms with E-state index in [0.717, 1.165) is 14.9 Å². The average molecular weight is 283 g/mol. The van der Waals surface area contributed by atoms with Crippen LogP contribution in [0.2, 0.25) is 0 Å². The zero-order valence-corrected chi connectivity index (χ0v) is 10.7. The molecule has 0 saturated carbocycles. The third kappa shape index (κ3) is 2.09. The Kier molecular flexibility index (Phi) is 3.07. The van der Waals surface area contributed by atoms with E-state index < -0.39 is 0 Å². The van der Waals surface area contributed by atoms with Crippen LogP contribution in [0.25, 0.3) is 0 Å². The molecule has 0 radical (unpaired) electrons. The summed E-state index contributed by atoms with van der Waals surface area (Å²) in [5, 5.41) is 4.11. The topological polar surface area (TPSA) is 0 Å². The molecule has 0 atom stereocenters. The average Bonchev–Trinajstić information content (AvgIpc) is 2.72. The molecule has 0 fully saturated rings. The van der Waals surface area contributed by atoms with Crippen molar-refractivity contribution in [1.82, 2.24) is 0 Å². The normalized spacial score (nSPS) is 9.57. The fraction of sp³-hybridized carbons (Fsp3) is 0.0909. The Balaban J connectivity index is 2.31. The van der Waals surface area contributed by atoms with Crippen molar-refractivity contribution < 1.29 is 0 Å². The van der Waals surface area contributed by atoms with Crippen LogP contribution < -0.4 is 0 Å². The summed E-state index contributed by atoms with van der Waals surface area (Å²) in [4.78, 5) is 1.28. The van der Waals surface area contributed by atoms with Crippen molar-refractivity contribution in [2.75, 3.05) is 0 Å². The van der Waals surface area contributed by atoms with E-state index in [1.54, 1.807) is 22.7 Å².